The summed E-state index contributed by atoms with van der Waals surface area (Å²) in [5.41, 5.74) is 0. The summed E-state index contributed by atoms with van der Waals surface area (Å²) in [6.45, 7) is -1.09. The fourth-order valence-corrected chi connectivity index (χ4v) is 10.3. The van der Waals surface area contributed by atoms with Crippen molar-refractivity contribution in [2.75, 3.05) is 91.8 Å². The van der Waals surface area contributed by atoms with Gasteiger partial charge in [-0.1, -0.05) is 0 Å². The van der Waals surface area contributed by atoms with Crippen molar-refractivity contribution in [2.24, 2.45) is 0 Å². The Balaban J connectivity index is 0.000000727. The Bertz CT molecular complexity index is 2890. The standard InChI is InChI=1S/C34H49N7O17.C30H53NO16/c1-3-35-25(46)8-5-22(43)12-36-27(48)16-40(19-33(55)56)30(51)10-7-24(45)14-38-28(49)17-41(20-34(57)58)31(52)11-6-23(44)13-37-26(47)15-39(18-32(53)54)29(50)9-4-21(2)42;1-3-31-20(36)10-5-4-8-16(34)9-6-7-11-42-30-28(46-21-12-17(35)22(37)15(2)43-21)27(24(39)19(14-33)45-30)47-29-26(41)25(40)23(38)18(13-32)44-29/h3-20H2,1-2H3,(H,35,46)(H,36,48)(H,37,47)(H,38,49)(H,53,54)(H,55,56)(H,57,58);15,17-19,21-30,32-33,35,37-41H,3-14H2,1-2H3,(H,31,36)/t;15?,17-,18?,19?,21+,22-,23+,24+,25+,26?,27+,28?,29-,30-/m.1/s1. The second-order valence-corrected chi connectivity index (χ2v) is 24.7. The fraction of sp³-hybridized carbons (Fsp3) is 0.750. The van der Waals surface area contributed by atoms with Gasteiger partial charge in [0.2, 0.25) is 47.3 Å². The van der Waals surface area contributed by atoms with Gasteiger partial charge in [0, 0.05) is 96.7 Å². The van der Waals surface area contributed by atoms with Crippen molar-refractivity contribution in [2.45, 2.75) is 216 Å². The molecule has 5 unspecified atom stereocenters. The van der Waals surface area contributed by atoms with Crippen molar-refractivity contribution in [3.8, 4) is 0 Å². The molecule has 8 amide bonds. The number of carboxylic acids is 3. The van der Waals surface area contributed by atoms with Crippen LogP contribution >= 0.6 is 0 Å². The minimum absolute atomic E-state index is 0.0422. The van der Waals surface area contributed by atoms with Gasteiger partial charge in [-0.3, -0.25) is 71.9 Å². The number of aliphatic carboxylic acids is 3. The quantitative estimate of drug-likeness (QED) is 0.0252. The summed E-state index contributed by atoms with van der Waals surface area (Å²) in [4.78, 5) is 193. The predicted molar refractivity (Wildman–Crippen MR) is 351 cm³/mol. The normalized spacial score (nSPS) is 23.3. The van der Waals surface area contributed by atoms with E-state index in [-0.39, 0.29) is 62.1 Å². The molecule has 0 aliphatic carbocycles. The summed E-state index contributed by atoms with van der Waals surface area (Å²) in [6, 6.07) is 0. The van der Waals surface area contributed by atoms with Crippen molar-refractivity contribution < 1.29 is 161 Å². The second kappa shape index (κ2) is 49.7. The Hall–Kier alpha value is -8.04. The van der Waals surface area contributed by atoms with Gasteiger partial charge in [-0.15, -0.1) is 0 Å². The number of nitrogens with one attached hydrogen (secondary N) is 5. The highest BCUT2D eigenvalue weighted by molar-refractivity contribution is 5.96. The van der Waals surface area contributed by atoms with E-state index in [9.17, 15) is 123 Å². The maximum atomic E-state index is 12.7. The zero-order valence-corrected chi connectivity index (χ0v) is 59.0. The lowest BCUT2D eigenvalue weighted by Gasteiger charge is -2.48. The molecule has 0 radical (unpaired) electrons. The lowest BCUT2D eigenvalue weighted by molar-refractivity contribution is -0.382. The molecule has 3 aliphatic heterocycles. The Morgan fingerprint density at radius 2 is 0.819 bits per heavy atom. The van der Waals surface area contributed by atoms with Crippen LogP contribution in [0.3, 0.4) is 0 Å². The number of ether oxygens (including phenoxy) is 6. The molecule has 0 aromatic rings. The van der Waals surface area contributed by atoms with Gasteiger partial charge in [0.15, 0.2) is 36.2 Å². The third-order valence-electron chi connectivity index (χ3n) is 16.0. The van der Waals surface area contributed by atoms with Crippen LogP contribution in [0.1, 0.15) is 130 Å². The van der Waals surface area contributed by atoms with E-state index in [2.05, 4.69) is 26.6 Å². The molecule has 0 aromatic carbocycles. The van der Waals surface area contributed by atoms with Gasteiger partial charge in [-0.2, -0.15) is 0 Å². The first-order valence-electron chi connectivity index (χ1n) is 34.1. The lowest BCUT2D eigenvalue weighted by Crippen LogP contribution is -2.66. The van der Waals surface area contributed by atoms with Crippen molar-refractivity contribution >= 4 is 94.1 Å². The number of nitrogens with zero attached hydrogens (tertiary/aromatic N) is 3. The molecule has 16 N–H and O–H groups in total. The molecular weight excluding hydrogens is 1410 g/mol. The number of amides is 8. The van der Waals surface area contributed by atoms with Gasteiger partial charge < -0.3 is 131 Å². The Morgan fingerprint density at radius 1 is 0.410 bits per heavy atom. The molecule has 3 saturated heterocycles. The molecule has 3 rings (SSSR count). The largest absolute Gasteiger partial charge is 0.480 e. The third-order valence-corrected chi connectivity index (χ3v) is 16.0. The number of hydrogen-bond donors (Lipinski definition) is 16. The van der Waals surface area contributed by atoms with Crippen LogP contribution in [0, 0.1) is 0 Å². The van der Waals surface area contributed by atoms with E-state index >= 15 is 0 Å². The first-order valence-corrected chi connectivity index (χ1v) is 34.1. The second-order valence-electron chi connectivity index (χ2n) is 24.7. The van der Waals surface area contributed by atoms with Gasteiger partial charge >= 0.3 is 17.9 Å². The molecule has 596 valence electrons. The third kappa shape index (κ3) is 36.7. The van der Waals surface area contributed by atoms with Gasteiger partial charge in [0.1, 0.15) is 106 Å². The van der Waals surface area contributed by atoms with Crippen LogP contribution < -0.4 is 26.6 Å². The average Bonchev–Trinajstić information content (AvgIpc) is 0.776. The summed E-state index contributed by atoms with van der Waals surface area (Å²) in [5, 5.41) is 121. The van der Waals surface area contributed by atoms with Crippen molar-refractivity contribution in [3.05, 3.63) is 0 Å². The van der Waals surface area contributed by atoms with Crippen LogP contribution in [-0.4, -0.2) is 343 Å². The monoisotopic (exact) mass is 1510 g/mol. The smallest absolute Gasteiger partial charge is 0.323 e. The van der Waals surface area contributed by atoms with Gasteiger partial charge in [-0.25, -0.2) is 0 Å². The maximum absolute atomic E-state index is 12.7. The number of unbranched alkanes of at least 4 members (excludes halogenated alkanes) is 2. The predicted octanol–water partition coefficient (Wildman–Crippen LogP) is -7.43. The van der Waals surface area contributed by atoms with Crippen molar-refractivity contribution in [1.82, 2.24) is 41.3 Å². The van der Waals surface area contributed by atoms with E-state index in [1.165, 1.54) is 13.8 Å². The van der Waals surface area contributed by atoms with E-state index in [0.717, 1.165) is 0 Å². The Labute approximate surface area is 603 Å². The van der Waals surface area contributed by atoms with Crippen LogP contribution in [-0.2, 0) is 105 Å². The fourth-order valence-electron chi connectivity index (χ4n) is 10.3. The van der Waals surface area contributed by atoms with Gasteiger partial charge in [-0.05, 0) is 53.4 Å². The van der Waals surface area contributed by atoms with Crippen LogP contribution in [0.25, 0.3) is 0 Å². The molecule has 41 nitrogen and oxygen atoms in total. The highest BCUT2D eigenvalue weighted by Crippen LogP contribution is 2.34. The topological polar surface area (TPSA) is 621 Å². The number of aliphatic hydroxyl groups is 8. The van der Waals surface area contributed by atoms with Crippen LogP contribution in [0.5, 0.6) is 0 Å². The SMILES string of the molecule is CCNC(=O)CCC(=O)CNC(=O)CN(CC(=O)O)C(=O)CCC(=O)CNC(=O)CN(CC(=O)O)C(=O)CCC(=O)CNC(=O)CN(CC(=O)O)C(=O)CCC(C)=O.CCNC(=O)CCCCC(=O)CCCCO[C@@H]1OC(CO)[C@H](O)[C@H](O[C@H]2OC(CO)[C@H](O)[C@H](O)C2O)C1O[C@H]1C[C@@H](O)[C@H](O)C(C)O1. The first kappa shape index (κ1) is 93.0. The molecule has 3 fully saturated rings. The summed E-state index contributed by atoms with van der Waals surface area (Å²) in [6.07, 6.45) is -19.7. The minimum atomic E-state index is -1.82. The summed E-state index contributed by atoms with van der Waals surface area (Å²) < 4.78 is 34.9. The number of carbonyl (C=O) groups excluding carboxylic acids is 13. The van der Waals surface area contributed by atoms with E-state index in [4.69, 9.17) is 38.6 Å². The minimum Gasteiger partial charge on any atom is -0.480 e. The molecule has 3 aliphatic rings. The molecule has 0 saturated carbocycles. The number of carboxylic acid groups (broad SMARTS) is 3. The summed E-state index contributed by atoms with van der Waals surface area (Å²) >= 11 is 0. The van der Waals surface area contributed by atoms with Gasteiger partial charge in [0.05, 0.1) is 45.1 Å². The zero-order valence-electron chi connectivity index (χ0n) is 59.0. The molecule has 41 heteroatoms. The summed E-state index contributed by atoms with van der Waals surface area (Å²) in [7, 11) is 0. The van der Waals surface area contributed by atoms with Crippen LogP contribution in [0.15, 0.2) is 0 Å². The van der Waals surface area contributed by atoms with Crippen molar-refractivity contribution in [3.63, 3.8) is 0 Å². The number of Topliss-reactive ketones (excluding diaryl/α,β-unsaturated/α-hetero) is 5. The lowest BCUT2D eigenvalue weighted by atomic mass is 9.96. The molecule has 3 heterocycles. The number of carbonyl (C=O) groups is 16. The number of rotatable bonds is 49. The van der Waals surface area contributed by atoms with Crippen LogP contribution in [0.4, 0.5) is 0 Å². The molecular formula is C64H102N8O33. The Morgan fingerprint density at radius 3 is 1.25 bits per heavy atom. The maximum Gasteiger partial charge on any atom is 0.323 e. The zero-order chi connectivity index (χ0) is 79.0. The highest BCUT2D eigenvalue weighted by atomic mass is 16.8. The molecule has 0 aromatic heterocycles. The van der Waals surface area contributed by atoms with E-state index in [1.54, 1.807) is 6.92 Å². The van der Waals surface area contributed by atoms with Crippen molar-refractivity contribution in [1.29, 1.82) is 0 Å². The van der Waals surface area contributed by atoms with E-state index in [1.807, 2.05) is 6.92 Å². The first-order chi connectivity index (χ1) is 49.5. The molecule has 0 bridgehead atoms. The van der Waals surface area contributed by atoms with Crippen LogP contribution in [0.2, 0.25) is 0 Å². The van der Waals surface area contributed by atoms with Gasteiger partial charge in [0.25, 0.3) is 0 Å². The average molecular weight is 1510 g/mol. The number of ketones is 5. The highest BCUT2D eigenvalue weighted by Gasteiger charge is 2.53. The summed E-state index contributed by atoms with van der Waals surface area (Å²) in [5.74, 6) is -12.6. The number of aliphatic hydroxyl groups excluding tert-OH is 8. The molecule has 105 heavy (non-hydrogen) atoms. The van der Waals surface area contributed by atoms with E-state index in [0.29, 0.717) is 72.7 Å². The molecule has 14 atom stereocenters. The molecule has 0 spiro atoms. The van der Waals surface area contributed by atoms with E-state index < -0.39 is 255 Å². The number of hydrogen-bond acceptors (Lipinski definition) is 30. The Kier molecular flexibility index (Phi) is 44.0.